The van der Waals surface area contributed by atoms with E-state index in [9.17, 15) is 0 Å². The van der Waals surface area contributed by atoms with Gasteiger partial charge in [-0.1, -0.05) is 24.6 Å². The van der Waals surface area contributed by atoms with Crippen molar-refractivity contribution in [1.82, 2.24) is 0 Å². The Kier molecular flexibility index (Phi) is 2.49. The molecule has 0 spiro atoms. The average molecular weight is 189 g/mol. The van der Waals surface area contributed by atoms with Crippen molar-refractivity contribution in [2.24, 2.45) is 0 Å². The van der Waals surface area contributed by atoms with E-state index in [1.165, 1.54) is 24.2 Å². The zero-order valence-corrected chi connectivity index (χ0v) is 9.38. The smallest absolute Gasteiger partial charge is 0.0402 e. The SMILES string of the molecule is CCC1CN(CC)c2ccc(C)cc21. The Morgan fingerprint density at radius 1 is 1.36 bits per heavy atom. The highest BCUT2D eigenvalue weighted by atomic mass is 15.1. The molecule has 0 N–H and O–H groups in total. The Labute approximate surface area is 86.7 Å². The van der Waals surface area contributed by atoms with Gasteiger partial charge in [0.1, 0.15) is 0 Å². The number of likely N-dealkylation sites (N-methyl/N-ethyl adjacent to an activating group) is 1. The Balaban J connectivity index is 2.42. The molecule has 0 fully saturated rings. The molecule has 0 radical (unpaired) electrons. The van der Waals surface area contributed by atoms with E-state index >= 15 is 0 Å². The van der Waals surface area contributed by atoms with Crippen LogP contribution in [-0.2, 0) is 0 Å². The molecule has 1 heterocycles. The van der Waals surface area contributed by atoms with E-state index in [-0.39, 0.29) is 0 Å². The monoisotopic (exact) mass is 189 g/mol. The van der Waals surface area contributed by atoms with Crippen molar-refractivity contribution in [3.05, 3.63) is 29.3 Å². The summed E-state index contributed by atoms with van der Waals surface area (Å²) in [6, 6.07) is 6.86. The molecule has 1 atom stereocenters. The number of rotatable bonds is 2. The summed E-state index contributed by atoms with van der Waals surface area (Å²) in [5.41, 5.74) is 4.42. The van der Waals surface area contributed by atoms with Crippen LogP contribution in [0.3, 0.4) is 0 Å². The van der Waals surface area contributed by atoms with Gasteiger partial charge in [-0.05, 0) is 31.9 Å². The van der Waals surface area contributed by atoms with E-state index in [1.807, 2.05) is 0 Å². The number of anilines is 1. The Bertz CT molecular complexity index is 330. The van der Waals surface area contributed by atoms with Gasteiger partial charge in [0, 0.05) is 24.7 Å². The largest absolute Gasteiger partial charge is 0.371 e. The molecule has 0 saturated carbocycles. The minimum Gasteiger partial charge on any atom is -0.371 e. The van der Waals surface area contributed by atoms with Crippen LogP contribution in [0.2, 0.25) is 0 Å². The Morgan fingerprint density at radius 3 is 2.79 bits per heavy atom. The minimum atomic E-state index is 0.754. The molecule has 0 aliphatic carbocycles. The lowest BCUT2D eigenvalue weighted by Gasteiger charge is -2.16. The molecule has 1 aromatic carbocycles. The van der Waals surface area contributed by atoms with Crippen molar-refractivity contribution in [3.63, 3.8) is 0 Å². The maximum Gasteiger partial charge on any atom is 0.0402 e. The first-order chi connectivity index (χ1) is 6.76. The summed E-state index contributed by atoms with van der Waals surface area (Å²) < 4.78 is 0. The standard InChI is InChI=1S/C13H19N/c1-4-11-9-14(5-2)13-7-6-10(3)8-12(11)13/h6-8,11H,4-5,9H2,1-3H3. The van der Waals surface area contributed by atoms with Gasteiger partial charge in [-0.2, -0.15) is 0 Å². The highest BCUT2D eigenvalue weighted by molar-refractivity contribution is 5.61. The molecule has 0 amide bonds. The van der Waals surface area contributed by atoms with Crippen LogP contribution in [-0.4, -0.2) is 13.1 Å². The summed E-state index contributed by atoms with van der Waals surface area (Å²) in [6.07, 6.45) is 1.26. The Hall–Kier alpha value is -0.980. The second-order valence-corrected chi connectivity index (χ2v) is 4.21. The highest BCUT2D eigenvalue weighted by Gasteiger charge is 2.25. The molecule has 1 heteroatoms. The van der Waals surface area contributed by atoms with Gasteiger partial charge in [0.25, 0.3) is 0 Å². The third-order valence-corrected chi connectivity index (χ3v) is 3.28. The molecule has 14 heavy (non-hydrogen) atoms. The van der Waals surface area contributed by atoms with Gasteiger partial charge in [-0.15, -0.1) is 0 Å². The van der Waals surface area contributed by atoms with Gasteiger partial charge < -0.3 is 4.90 Å². The fourth-order valence-corrected chi connectivity index (χ4v) is 2.40. The topological polar surface area (TPSA) is 3.24 Å². The maximum atomic E-state index is 2.49. The summed E-state index contributed by atoms with van der Waals surface area (Å²) in [5, 5.41) is 0. The van der Waals surface area contributed by atoms with Gasteiger partial charge in [0.2, 0.25) is 0 Å². The summed E-state index contributed by atoms with van der Waals surface area (Å²) in [7, 11) is 0. The molecule has 1 aromatic rings. The lowest BCUT2D eigenvalue weighted by molar-refractivity contribution is 0.680. The second-order valence-electron chi connectivity index (χ2n) is 4.21. The summed E-state index contributed by atoms with van der Waals surface area (Å²) in [4.78, 5) is 2.49. The maximum absolute atomic E-state index is 2.49. The number of hydrogen-bond acceptors (Lipinski definition) is 1. The van der Waals surface area contributed by atoms with Crippen LogP contribution in [0.4, 0.5) is 5.69 Å². The molecular weight excluding hydrogens is 170 g/mol. The van der Waals surface area contributed by atoms with Crippen molar-refractivity contribution in [3.8, 4) is 0 Å². The molecule has 1 aliphatic rings. The van der Waals surface area contributed by atoms with E-state index < -0.39 is 0 Å². The van der Waals surface area contributed by atoms with Crippen molar-refractivity contribution >= 4 is 5.69 Å². The van der Waals surface area contributed by atoms with Crippen LogP contribution < -0.4 is 4.90 Å². The van der Waals surface area contributed by atoms with Gasteiger partial charge in [-0.3, -0.25) is 0 Å². The molecule has 1 nitrogen and oxygen atoms in total. The van der Waals surface area contributed by atoms with Crippen molar-refractivity contribution < 1.29 is 0 Å². The predicted octanol–water partition coefficient (Wildman–Crippen LogP) is 3.33. The number of nitrogens with zero attached hydrogens (tertiary/aromatic N) is 1. The fourth-order valence-electron chi connectivity index (χ4n) is 2.40. The van der Waals surface area contributed by atoms with Crippen LogP contribution in [0.5, 0.6) is 0 Å². The molecule has 1 unspecified atom stereocenters. The Morgan fingerprint density at radius 2 is 2.14 bits per heavy atom. The van der Waals surface area contributed by atoms with Crippen LogP contribution >= 0.6 is 0 Å². The van der Waals surface area contributed by atoms with E-state index in [0.29, 0.717) is 0 Å². The molecule has 0 saturated heterocycles. The zero-order chi connectivity index (χ0) is 10.1. The van der Waals surface area contributed by atoms with Gasteiger partial charge >= 0.3 is 0 Å². The van der Waals surface area contributed by atoms with Crippen molar-refractivity contribution in [2.75, 3.05) is 18.0 Å². The number of aryl methyl sites for hydroxylation is 1. The van der Waals surface area contributed by atoms with Gasteiger partial charge in [0.05, 0.1) is 0 Å². The van der Waals surface area contributed by atoms with Crippen molar-refractivity contribution in [2.45, 2.75) is 33.1 Å². The molecule has 1 aliphatic heterocycles. The quantitative estimate of drug-likeness (QED) is 0.689. The second kappa shape index (κ2) is 3.64. The predicted molar refractivity (Wildman–Crippen MR) is 62.1 cm³/mol. The third kappa shape index (κ3) is 1.41. The zero-order valence-electron chi connectivity index (χ0n) is 9.38. The average Bonchev–Trinajstić information content (AvgIpc) is 2.55. The molecule has 0 bridgehead atoms. The normalized spacial score (nSPS) is 19.9. The first-order valence-electron chi connectivity index (χ1n) is 5.61. The summed E-state index contributed by atoms with van der Waals surface area (Å²) >= 11 is 0. The minimum absolute atomic E-state index is 0.754. The molecule has 76 valence electrons. The van der Waals surface area contributed by atoms with E-state index in [0.717, 1.165) is 12.5 Å². The summed E-state index contributed by atoms with van der Waals surface area (Å²) in [5.74, 6) is 0.754. The summed E-state index contributed by atoms with van der Waals surface area (Å²) in [6.45, 7) is 9.05. The fraction of sp³-hybridized carbons (Fsp3) is 0.538. The van der Waals surface area contributed by atoms with Crippen molar-refractivity contribution in [1.29, 1.82) is 0 Å². The van der Waals surface area contributed by atoms with Crippen LogP contribution in [0, 0.1) is 6.92 Å². The number of benzene rings is 1. The number of fused-ring (bicyclic) bond motifs is 1. The van der Waals surface area contributed by atoms with Gasteiger partial charge in [-0.25, -0.2) is 0 Å². The highest BCUT2D eigenvalue weighted by Crippen LogP contribution is 2.38. The van der Waals surface area contributed by atoms with Crippen LogP contribution in [0.15, 0.2) is 18.2 Å². The van der Waals surface area contributed by atoms with Crippen LogP contribution in [0.1, 0.15) is 37.3 Å². The van der Waals surface area contributed by atoms with E-state index in [4.69, 9.17) is 0 Å². The molecule has 2 rings (SSSR count). The van der Waals surface area contributed by atoms with E-state index in [2.05, 4.69) is 43.9 Å². The lowest BCUT2D eigenvalue weighted by Crippen LogP contribution is -2.20. The molecule has 0 aromatic heterocycles. The first-order valence-corrected chi connectivity index (χ1v) is 5.61. The third-order valence-electron chi connectivity index (χ3n) is 3.28. The van der Waals surface area contributed by atoms with Gasteiger partial charge in [0.15, 0.2) is 0 Å². The lowest BCUT2D eigenvalue weighted by atomic mass is 9.97. The first kappa shape index (κ1) is 9.57. The molecular formula is C13H19N. The van der Waals surface area contributed by atoms with Crippen LogP contribution in [0.25, 0.3) is 0 Å². The van der Waals surface area contributed by atoms with E-state index in [1.54, 1.807) is 5.56 Å². The number of hydrogen-bond donors (Lipinski definition) is 0.